The summed E-state index contributed by atoms with van der Waals surface area (Å²) in [5, 5.41) is 9.61. The van der Waals surface area contributed by atoms with Gasteiger partial charge < -0.3 is 14.7 Å². The summed E-state index contributed by atoms with van der Waals surface area (Å²) in [7, 11) is 3.86. The van der Waals surface area contributed by atoms with Gasteiger partial charge in [0.25, 0.3) is 0 Å². The van der Waals surface area contributed by atoms with Crippen molar-refractivity contribution in [2.75, 3.05) is 27.2 Å². The molecule has 0 aliphatic heterocycles. The molecular formula is C12H19NO2. The molecule has 1 atom stereocenters. The third-order valence-corrected chi connectivity index (χ3v) is 2.10. The van der Waals surface area contributed by atoms with Crippen LogP contribution in [-0.2, 0) is 0 Å². The Labute approximate surface area is 91.3 Å². The van der Waals surface area contributed by atoms with E-state index in [1.54, 1.807) is 0 Å². The van der Waals surface area contributed by atoms with Crippen molar-refractivity contribution in [3.8, 4) is 5.75 Å². The van der Waals surface area contributed by atoms with Crippen LogP contribution >= 0.6 is 0 Å². The van der Waals surface area contributed by atoms with E-state index in [1.165, 1.54) is 0 Å². The fraction of sp³-hybridized carbons (Fsp3) is 0.500. The first kappa shape index (κ1) is 12.0. The maximum Gasteiger partial charge on any atom is 0.122 e. The number of aliphatic hydroxyl groups excluding tert-OH is 1. The van der Waals surface area contributed by atoms with Crippen molar-refractivity contribution in [2.45, 2.75) is 13.0 Å². The number of aryl methyl sites for hydroxylation is 1. The lowest BCUT2D eigenvalue weighted by atomic mass is 10.2. The second kappa shape index (κ2) is 5.73. The Kier molecular flexibility index (Phi) is 4.59. The smallest absolute Gasteiger partial charge is 0.122 e. The third kappa shape index (κ3) is 4.32. The van der Waals surface area contributed by atoms with E-state index in [9.17, 15) is 5.11 Å². The van der Waals surface area contributed by atoms with E-state index in [0.717, 1.165) is 11.3 Å². The number of nitrogens with zero attached hydrogens (tertiary/aromatic N) is 1. The van der Waals surface area contributed by atoms with Crippen LogP contribution in [0, 0.1) is 6.92 Å². The van der Waals surface area contributed by atoms with Gasteiger partial charge in [0.2, 0.25) is 0 Å². The minimum Gasteiger partial charge on any atom is -0.491 e. The summed E-state index contributed by atoms with van der Waals surface area (Å²) in [6.07, 6.45) is -0.445. The summed E-state index contributed by atoms with van der Waals surface area (Å²) >= 11 is 0. The van der Waals surface area contributed by atoms with Crippen LogP contribution in [0.25, 0.3) is 0 Å². The minimum absolute atomic E-state index is 0.336. The van der Waals surface area contributed by atoms with Crippen molar-refractivity contribution in [1.82, 2.24) is 4.90 Å². The predicted molar refractivity (Wildman–Crippen MR) is 61.2 cm³/mol. The molecule has 0 saturated carbocycles. The molecule has 15 heavy (non-hydrogen) atoms. The van der Waals surface area contributed by atoms with Crippen LogP contribution in [-0.4, -0.2) is 43.4 Å². The van der Waals surface area contributed by atoms with Crippen molar-refractivity contribution in [2.24, 2.45) is 0 Å². The van der Waals surface area contributed by atoms with Crippen LogP contribution in [0.3, 0.4) is 0 Å². The quantitative estimate of drug-likeness (QED) is 0.793. The van der Waals surface area contributed by atoms with Gasteiger partial charge >= 0.3 is 0 Å². The molecule has 0 radical (unpaired) electrons. The lowest BCUT2D eigenvalue weighted by Crippen LogP contribution is -2.30. The van der Waals surface area contributed by atoms with E-state index in [-0.39, 0.29) is 0 Å². The molecular weight excluding hydrogens is 190 g/mol. The largest absolute Gasteiger partial charge is 0.491 e. The molecule has 1 rings (SSSR count). The molecule has 3 heteroatoms. The van der Waals surface area contributed by atoms with Gasteiger partial charge in [0.1, 0.15) is 18.5 Å². The van der Waals surface area contributed by atoms with Crippen LogP contribution in [0.4, 0.5) is 0 Å². The first-order valence-electron chi connectivity index (χ1n) is 5.11. The highest BCUT2D eigenvalue weighted by Crippen LogP contribution is 2.16. The number of hydrogen-bond donors (Lipinski definition) is 1. The van der Waals surface area contributed by atoms with E-state index in [2.05, 4.69) is 0 Å². The summed E-state index contributed by atoms with van der Waals surface area (Å²) in [4.78, 5) is 1.94. The Bertz CT molecular complexity index is 299. The molecule has 84 valence electrons. The number of rotatable bonds is 5. The van der Waals surface area contributed by atoms with Crippen LogP contribution in [0.15, 0.2) is 24.3 Å². The number of aliphatic hydroxyl groups is 1. The van der Waals surface area contributed by atoms with Gasteiger partial charge in [-0.3, -0.25) is 0 Å². The zero-order valence-electron chi connectivity index (χ0n) is 9.60. The first-order valence-corrected chi connectivity index (χ1v) is 5.11. The molecule has 0 bridgehead atoms. The van der Waals surface area contributed by atoms with Gasteiger partial charge in [-0.1, -0.05) is 18.2 Å². The molecule has 0 aliphatic rings. The summed E-state index contributed by atoms with van der Waals surface area (Å²) in [6, 6.07) is 7.81. The average Bonchev–Trinajstić information content (AvgIpc) is 2.15. The molecule has 0 aliphatic carbocycles. The summed E-state index contributed by atoms with van der Waals surface area (Å²) < 4.78 is 5.52. The Hall–Kier alpha value is -1.06. The van der Waals surface area contributed by atoms with Gasteiger partial charge in [-0.2, -0.15) is 0 Å². The van der Waals surface area contributed by atoms with E-state index >= 15 is 0 Å². The minimum atomic E-state index is -0.445. The van der Waals surface area contributed by atoms with Crippen molar-refractivity contribution >= 4 is 0 Å². The fourth-order valence-corrected chi connectivity index (χ4v) is 1.38. The lowest BCUT2D eigenvalue weighted by Gasteiger charge is -2.17. The Balaban J connectivity index is 2.40. The second-order valence-corrected chi connectivity index (χ2v) is 3.99. The molecule has 0 heterocycles. The van der Waals surface area contributed by atoms with Crippen molar-refractivity contribution in [3.63, 3.8) is 0 Å². The molecule has 0 spiro atoms. The Morgan fingerprint density at radius 1 is 1.33 bits per heavy atom. The van der Waals surface area contributed by atoms with Gasteiger partial charge in [-0.15, -0.1) is 0 Å². The van der Waals surface area contributed by atoms with Gasteiger partial charge in [-0.05, 0) is 32.6 Å². The van der Waals surface area contributed by atoms with E-state index in [0.29, 0.717) is 13.2 Å². The summed E-state index contributed by atoms with van der Waals surface area (Å²) in [6.45, 7) is 2.95. The molecule has 0 unspecified atom stereocenters. The van der Waals surface area contributed by atoms with Gasteiger partial charge in [-0.25, -0.2) is 0 Å². The molecule has 1 N–H and O–H groups in total. The highest BCUT2D eigenvalue weighted by molar-refractivity contribution is 5.31. The molecule has 1 aromatic carbocycles. The molecule has 0 aromatic heterocycles. The zero-order chi connectivity index (χ0) is 11.3. The monoisotopic (exact) mass is 209 g/mol. The maximum atomic E-state index is 9.61. The van der Waals surface area contributed by atoms with Crippen LogP contribution in [0.2, 0.25) is 0 Å². The average molecular weight is 209 g/mol. The van der Waals surface area contributed by atoms with E-state index < -0.39 is 6.10 Å². The van der Waals surface area contributed by atoms with E-state index in [1.807, 2.05) is 50.2 Å². The number of hydrogen-bond acceptors (Lipinski definition) is 3. The van der Waals surface area contributed by atoms with Crippen molar-refractivity contribution in [1.29, 1.82) is 0 Å². The summed E-state index contributed by atoms with van der Waals surface area (Å²) in [5.74, 6) is 0.843. The van der Waals surface area contributed by atoms with Gasteiger partial charge in [0.15, 0.2) is 0 Å². The number of ether oxygens (including phenoxy) is 1. The Morgan fingerprint density at radius 3 is 2.60 bits per heavy atom. The first-order chi connectivity index (χ1) is 7.09. The summed E-state index contributed by atoms with van der Waals surface area (Å²) in [5.41, 5.74) is 1.09. The molecule has 3 nitrogen and oxygen atoms in total. The number of likely N-dealkylation sites (N-methyl/N-ethyl adjacent to an activating group) is 1. The normalized spacial score (nSPS) is 12.9. The van der Waals surface area contributed by atoms with Crippen LogP contribution in [0.1, 0.15) is 5.56 Å². The molecule has 0 saturated heterocycles. The molecule has 0 fully saturated rings. The van der Waals surface area contributed by atoms with Gasteiger partial charge in [0, 0.05) is 6.54 Å². The van der Waals surface area contributed by atoms with Crippen LogP contribution < -0.4 is 4.74 Å². The number of para-hydroxylation sites is 1. The third-order valence-electron chi connectivity index (χ3n) is 2.10. The SMILES string of the molecule is Cc1ccccc1OC[C@@H](O)CN(C)C. The molecule has 1 aromatic rings. The maximum absolute atomic E-state index is 9.61. The zero-order valence-corrected chi connectivity index (χ0v) is 9.60. The van der Waals surface area contributed by atoms with Gasteiger partial charge in [0.05, 0.1) is 0 Å². The Morgan fingerprint density at radius 2 is 2.00 bits per heavy atom. The van der Waals surface area contributed by atoms with Crippen molar-refractivity contribution in [3.05, 3.63) is 29.8 Å². The lowest BCUT2D eigenvalue weighted by molar-refractivity contribution is 0.0828. The highest BCUT2D eigenvalue weighted by Gasteiger charge is 2.07. The van der Waals surface area contributed by atoms with Crippen molar-refractivity contribution < 1.29 is 9.84 Å². The van der Waals surface area contributed by atoms with Crippen LogP contribution in [0.5, 0.6) is 5.75 Å². The standard InChI is InChI=1S/C12H19NO2/c1-10-6-4-5-7-12(10)15-9-11(14)8-13(2)3/h4-7,11,14H,8-9H2,1-3H3/t11-/m0/s1. The predicted octanol–water partition coefficient (Wildman–Crippen LogP) is 1.30. The second-order valence-electron chi connectivity index (χ2n) is 3.99. The topological polar surface area (TPSA) is 32.7 Å². The number of benzene rings is 1. The highest BCUT2D eigenvalue weighted by atomic mass is 16.5. The molecule has 0 amide bonds. The fourth-order valence-electron chi connectivity index (χ4n) is 1.38. The van der Waals surface area contributed by atoms with E-state index in [4.69, 9.17) is 4.74 Å².